The Morgan fingerprint density at radius 2 is 1.25 bits per heavy atom. The SMILES string of the molecule is CSc1cccc(Cl)c1-c1ccc2ccc(-c3c(Br)cccc3SC)cc2c1. The number of benzene rings is 4. The third-order valence-corrected chi connectivity index (χ3v) is 7.34. The van der Waals surface area contributed by atoms with Gasteiger partial charge in [0.1, 0.15) is 0 Å². The fourth-order valence-electron chi connectivity index (χ4n) is 3.47. The highest BCUT2D eigenvalue weighted by Gasteiger charge is 2.12. The normalized spacial score (nSPS) is 11.1. The van der Waals surface area contributed by atoms with E-state index in [9.17, 15) is 0 Å². The Bertz CT molecular complexity index is 1080. The third-order valence-electron chi connectivity index (χ3n) is 4.81. The van der Waals surface area contributed by atoms with Gasteiger partial charge in [-0.1, -0.05) is 63.9 Å². The van der Waals surface area contributed by atoms with E-state index in [1.165, 1.54) is 31.7 Å². The molecule has 0 N–H and O–H groups in total. The van der Waals surface area contributed by atoms with Crippen molar-refractivity contribution in [1.29, 1.82) is 0 Å². The lowest BCUT2D eigenvalue weighted by Crippen LogP contribution is -1.87. The molecule has 0 heterocycles. The molecule has 0 saturated heterocycles. The number of thioether (sulfide) groups is 2. The first-order chi connectivity index (χ1) is 13.6. The van der Waals surface area contributed by atoms with Crippen molar-refractivity contribution in [3.63, 3.8) is 0 Å². The Labute approximate surface area is 187 Å². The summed E-state index contributed by atoms with van der Waals surface area (Å²) < 4.78 is 1.12. The monoisotopic (exact) mass is 484 g/mol. The second-order valence-electron chi connectivity index (χ2n) is 6.41. The maximum atomic E-state index is 6.56. The van der Waals surface area contributed by atoms with Crippen LogP contribution in [0.4, 0.5) is 0 Å². The molecule has 0 radical (unpaired) electrons. The van der Waals surface area contributed by atoms with E-state index in [1.807, 2.05) is 12.1 Å². The zero-order valence-corrected chi connectivity index (χ0v) is 19.5. The number of fused-ring (bicyclic) bond motifs is 1. The van der Waals surface area contributed by atoms with E-state index >= 15 is 0 Å². The molecule has 0 fully saturated rings. The summed E-state index contributed by atoms with van der Waals surface area (Å²) in [5.41, 5.74) is 4.71. The minimum Gasteiger partial charge on any atom is -0.129 e. The van der Waals surface area contributed by atoms with Crippen molar-refractivity contribution in [2.24, 2.45) is 0 Å². The van der Waals surface area contributed by atoms with E-state index in [-0.39, 0.29) is 0 Å². The fraction of sp³-hybridized carbons (Fsp3) is 0.0833. The van der Waals surface area contributed by atoms with Gasteiger partial charge in [-0.3, -0.25) is 0 Å². The molecule has 0 aliphatic rings. The van der Waals surface area contributed by atoms with Gasteiger partial charge < -0.3 is 0 Å². The van der Waals surface area contributed by atoms with Crippen molar-refractivity contribution in [3.05, 3.63) is 82.3 Å². The average Bonchev–Trinajstić information content (AvgIpc) is 2.72. The Morgan fingerprint density at radius 3 is 1.89 bits per heavy atom. The maximum Gasteiger partial charge on any atom is 0.0495 e. The molecule has 4 aromatic carbocycles. The number of hydrogen-bond acceptors (Lipinski definition) is 2. The second-order valence-corrected chi connectivity index (χ2v) is 9.37. The molecule has 0 aromatic heterocycles. The van der Waals surface area contributed by atoms with Crippen LogP contribution >= 0.6 is 51.1 Å². The van der Waals surface area contributed by atoms with Crippen LogP contribution in [0.25, 0.3) is 33.0 Å². The van der Waals surface area contributed by atoms with E-state index in [1.54, 1.807) is 23.5 Å². The van der Waals surface area contributed by atoms with E-state index in [2.05, 4.69) is 89.1 Å². The van der Waals surface area contributed by atoms with Crippen molar-refractivity contribution >= 4 is 61.8 Å². The lowest BCUT2D eigenvalue weighted by Gasteiger charge is -2.13. The maximum absolute atomic E-state index is 6.56. The molecule has 0 amide bonds. The summed E-state index contributed by atoms with van der Waals surface area (Å²) in [5, 5.41) is 3.23. The van der Waals surface area contributed by atoms with E-state index in [0.29, 0.717) is 0 Å². The molecule has 4 heteroatoms. The predicted molar refractivity (Wildman–Crippen MR) is 131 cm³/mol. The molecule has 0 atom stereocenters. The summed E-state index contributed by atoms with van der Waals surface area (Å²) in [6.07, 6.45) is 4.21. The van der Waals surface area contributed by atoms with Crippen LogP contribution in [0, 0.1) is 0 Å². The minimum absolute atomic E-state index is 0.790. The van der Waals surface area contributed by atoms with Crippen LogP contribution in [-0.4, -0.2) is 12.5 Å². The largest absolute Gasteiger partial charge is 0.129 e. The number of halogens is 2. The van der Waals surface area contributed by atoms with Crippen molar-refractivity contribution in [2.45, 2.75) is 9.79 Å². The third kappa shape index (κ3) is 3.73. The van der Waals surface area contributed by atoms with Crippen LogP contribution in [-0.2, 0) is 0 Å². The van der Waals surface area contributed by atoms with Gasteiger partial charge in [0, 0.05) is 30.4 Å². The van der Waals surface area contributed by atoms with Gasteiger partial charge in [-0.25, -0.2) is 0 Å². The van der Waals surface area contributed by atoms with Crippen LogP contribution in [0.1, 0.15) is 0 Å². The molecule has 0 aliphatic heterocycles. The van der Waals surface area contributed by atoms with Crippen molar-refractivity contribution < 1.29 is 0 Å². The van der Waals surface area contributed by atoms with E-state index < -0.39 is 0 Å². The smallest absolute Gasteiger partial charge is 0.0495 e. The van der Waals surface area contributed by atoms with Gasteiger partial charge in [-0.15, -0.1) is 23.5 Å². The van der Waals surface area contributed by atoms with Gasteiger partial charge in [0.25, 0.3) is 0 Å². The van der Waals surface area contributed by atoms with Gasteiger partial charge in [0.05, 0.1) is 0 Å². The summed E-state index contributed by atoms with van der Waals surface area (Å²) in [6.45, 7) is 0. The van der Waals surface area contributed by atoms with Crippen LogP contribution in [0.2, 0.25) is 5.02 Å². The Morgan fingerprint density at radius 1 is 0.679 bits per heavy atom. The van der Waals surface area contributed by atoms with Crippen LogP contribution in [0.15, 0.2) is 87.1 Å². The van der Waals surface area contributed by atoms with Crippen LogP contribution < -0.4 is 0 Å². The summed E-state index contributed by atoms with van der Waals surface area (Å²) in [7, 11) is 0. The number of hydrogen-bond donors (Lipinski definition) is 0. The molecule has 28 heavy (non-hydrogen) atoms. The van der Waals surface area contributed by atoms with Gasteiger partial charge in [0.15, 0.2) is 0 Å². The molecule has 4 rings (SSSR count). The molecular formula is C24H18BrClS2. The first-order valence-electron chi connectivity index (χ1n) is 8.82. The van der Waals surface area contributed by atoms with Gasteiger partial charge >= 0.3 is 0 Å². The first-order valence-corrected chi connectivity index (χ1v) is 12.4. The Hall–Kier alpha value is -1.39. The summed E-state index contributed by atoms with van der Waals surface area (Å²) in [6, 6.07) is 25.7. The predicted octanol–water partition coefficient (Wildman–Crippen LogP) is 9.03. The zero-order valence-electron chi connectivity index (χ0n) is 15.5. The highest BCUT2D eigenvalue weighted by Crippen LogP contribution is 2.40. The van der Waals surface area contributed by atoms with Crippen molar-refractivity contribution in [1.82, 2.24) is 0 Å². The second kappa shape index (κ2) is 8.54. The molecule has 140 valence electrons. The molecule has 4 aromatic rings. The quantitative estimate of drug-likeness (QED) is 0.264. The summed E-state index contributed by atoms with van der Waals surface area (Å²) >= 11 is 13.8. The van der Waals surface area contributed by atoms with Gasteiger partial charge in [-0.2, -0.15) is 0 Å². The fourth-order valence-corrected chi connectivity index (χ4v) is 5.83. The Kier molecular flexibility index (Phi) is 6.07. The number of rotatable bonds is 4. The zero-order chi connectivity index (χ0) is 19.7. The highest BCUT2D eigenvalue weighted by molar-refractivity contribution is 9.10. The van der Waals surface area contributed by atoms with Crippen LogP contribution in [0.3, 0.4) is 0 Å². The molecular weight excluding hydrogens is 468 g/mol. The van der Waals surface area contributed by atoms with Crippen molar-refractivity contribution in [2.75, 3.05) is 12.5 Å². The van der Waals surface area contributed by atoms with Gasteiger partial charge in [0.2, 0.25) is 0 Å². The molecule has 0 unspecified atom stereocenters. The molecule has 0 spiro atoms. The van der Waals surface area contributed by atoms with Crippen molar-refractivity contribution in [3.8, 4) is 22.3 Å². The molecule has 0 saturated carbocycles. The minimum atomic E-state index is 0.790. The molecule has 0 aliphatic carbocycles. The molecule has 0 bridgehead atoms. The lowest BCUT2D eigenvalue weighted by molar-refractivity contribution is 1.43. The highest BCUT2D eigenvalue weighted by atomic mass is 79.9. The standard InChI is InChI=1S/C24H18BrClS2/c1-27-21-7-3-5-19(25)23(21)16-11-9-15-10-12-17(14-18(15)13-16)24-20(26)6-4-8-22(24)28-2/h3-14H,1-2H3. The van der Waals surface area contributed by atoms with Crippen LogP contribution in [0.5, 0.6) is 0 Å². The average molecular weight is 486 g/mol. The Balaban J connectivity index is 1.90. The summed E-state index contributed by atoms with van der Waals surface area (Å²) in [4.78, 5) is 2.46. The van der Waals surface area contributed by atoms with E-state index in [4.69, 9.17) is 11.6 Å². The molecule has 0 nitrogen and oxygen atoms in total. The lowest BCUT2D eigenvalue weighted by atomic mass is 9.97. The topological polar surface area (TPSA) is 0 Å². The van der Waals surface area contributed by atoms with Gasteiger partial charge in [-0.05, 0) is 70.8 Å². The first kappa shape index (κ1) is 19.9. The summed E-state index contributed by atoms with van der Waals surface area (Å²) in [5.74, 6) is 0. The van der Waals surface area contributed by atoms with E-state index in [0.717, 1.165) is 20.6 Å².